The fourth-order valence-corrected chi connectivity index (χ4v) is 6.93. The summed E-state index contributed by atoms with van der Waals surface area (Å²) >= 11 is 0. The average molecular weight is 554 g/mol. The van der Waals surface area contributed by atoms with E-state index in [1.165, 1.54) is 0 Å². The predicted octanol–water partition coefficient (Wildman–Crippen LogP) is 6.88. The van der Waals surface area contributed by atoms with Crippen LogP contribution in [0, 0.1) is 0 Å². The van der Waals surface area contributed by atoms with Crippen molar-refractivity contribution in [2.75, 3.05) is 31.2 Å². The molecule has 6 heteroatoms. The number of imidazole rings is 1. The summed E-state index contributed by atoms with van der Waals surface area (Å²) in [7, 11) is 0. The molecule has 0 saturated carbocycles. The van der Waals surface area contributed by atoms with Gasteiger partial charge in [0.1, 0.15) is 5.65 Å². The van der Waals surface area contributed by atoms with Crippen LogP contribution in [0.3, 0.4) is 0 Å². The minimum absolute atomic E-state index is 0.309. The van der Waals surface area contributed by atoms with Gasteiger partial charge in [-0.15, -0.1) is 0 Å². The molecule has 0 radical (unpaired) electrons. The van der Waals surface area contributed by atoms with Crippen molar-refractivity contribution in [3.8, 4) is 11.1 Å². The van der Waals surface area contributed by atoms with Gasteiger partial charge in [0, 0.05) is 42.0 Å². The fraction of sp³-hybridized carbons (Fsp3) is 0.194. The molecule has 8 rings (SSSR count). The van der Waals surface area contributed by atoms with E-state index in [0.717, 1.165) is 83.2 Å². The van der Waals surface area contributed by atoms with E-state index in [2.05, 4.69) is 99.7 Å². The number of aromatic nitrogens is 2. The summed E-state index contributed by atoms with van der Waals surface area (Å²) in [5, 5.41) is 0. The van der Waals surface area contributed by atoms with Crippen molar-refractivity contribution in [1.82, 2.24) is 8.97 Å². The minimum atomic E-state index is -1.16. The normalized spacial score (nSPS) is 18.5. The number of anilines is 1. The van der Waals surface area contributed by atoms with E-state index in [4.69, 9.17) is 9.47 Å². The maximum atomic E-state index is 13.7. The number of nitrogens with zero attached hydrogens (tertiary/aromatic N) is 3. The molecular formula is C36H31N3O3. The average Bonchev–Trinajstić information content (AvgIpc) is 3.69. The number of carbonyl (C=O) groups is 1. The molecule has 4 aromatic carbocycles. The third kappa shape index (κ3) is 3.51. The van der Waals surface area contributed by atoms with Crippen LogP contribution >= 0.6 is 0 Å². The summed E-state index contributed by atoms with van der Waals surface area (Å²) in [5.74, 6) is -0.309. The van der Waals surface area contributed by atoms with E-state index < -0.39 is 5.60 Å². The number of ether oxygens (including phenoxy) is 2. The lowest BCUT2D eigenvalue weighted by molar-refractivity contribution is 0.0239. The van der Waals surface area contributed by atoms with Crippen molar-refractivity contribution >= 4 is 28.3 Å². The van der Waals surface area contributed by atoms with Crippen LogP contribution in [-0.4, -0.2) is 41.2 Å². The number of cyclic esters (lactones) is 1. The highest BCUT2D eigenvalue weighted by molar-refractivity contribution is 5.98. The largest absolute Gasteiger partial charge is 0.439 e. The Morgan fingerprint density at radius 1 is 0.762 bits per heavy atom. The summed E-state index contributed by atoms with van der Waals surface area (Å²) in [6, 6.07) is 37.6. The molecule has 2 aromatic heterocycles. The molecule has 0 bridgehead atoms. The van der Waals surface area contributed by atoms with Crippen LogP contribution in [0.5, 0.6) is 0 Å². The van der Waals surface area contributed by atoms with E-state index in [0.29, 0.717) is 5.56 Å². The third-order valence-corrected chi connectivity index (χ3v) is 8.83. The van der Waals surface area contributed by atoms with Gasteiger partial charge < -0.3 is 18.9 Å². The zero-order valence-electron chi connectivity index (χ0n) is 23.5. The Morgan fingerprint density at radius 2 is 1.45 bits per heavy atom. The molecule has 1 atom stereocenters. The Kier molecular flexibility index (Phi) is 5.72. The molecule has 1 fully saturated rings. The summed E-state index contributed by atoms with van der Waals surface area (Å²) in [4.78, 5) is 16.1. The monoisotopic (exact) mass is 553 g/mol. The van der Waals surface area contributed by atoms with Gasteiger partial charge in [0.05, 0.1) is 35.5 Å². The molecule has 42 heavy (non-hydrogen) atoms. The van der Waals surface area contributed by atoms with Crippen LogP contribution in [0.4, 0.5) is 5.69 Å². The Bertz CT molecular complexity index is 1950. The number of rotatable bonds is 5. The molecule has 1 unspecified atom stereocenters. The second-order valence-corrected chi connectivity index (χ2v) is 11.0. The Balaban J connectivity index is 1.48. The SMILES string of the molecule is CCn1c2ccccc2n2c(C3(c4ccc(N5CCOCC5)cc4)OC(=O)c4ccccc43)c(-c3ccccc3)cc12. The van der Waals surface area contributed by atoms with Crippen molar-refractivity contribution in [3.63, 3.8) is 0 Å². The lowest BCUT2D eigenvalue weighted by atomic mass is 9.80. The Morgan fingerprint density at radius 3 is 2.21 bits per heavy atom. The van der Waals surface area contributed by atoms with Crippen molar-refractivity contribution in [2.45, 2.75) is 19.1 Å². The number of carbonyl (C=O) groups excluding carboxylic acids is 1. The number of fused-ring (bicyclic) bond motifs is 4. The summed E-state index contributed by atoms with van der Waals surface area (Å²) in [6.07, 6.45) is 0. The smallest absolute Gasteiger partial charge is 0.340 e. The van der Waals surface area contributed by atoms with Gasteiger partial charge in [-0.1, -0.05) is 72.8 Å². The predicted molar refractivity (Wildman–Crippen MR) is 165 cm³/mol. The third-order valence-electron chi connectivity index (χ3n) is 8.83. The van der Waals surface area contributed by atoms with Gasteiger partial charge in [-0.25, -0.2) is 4.79 Å². The van der Waals surface area contributed by atoms with Crippen molar-refractivity contribution in [2.24, 2.45) is 0 Å². The number of hydrogen-bond acceptors (Lipinski definition) is 4. The fourth-order valence-electron chi connectivity index (χ4n) is 6.93. The van der Waals surface area contributed by atoms with Crippen LogP contribution in [0.25, 0.3) is 27.8 Å². The van der Waals surface area contributed by atoms with Crippen LogP contribution in [-0.2, 0) is 21.6 Å². The van der Waals surface area contributed by atoms with Crippen LogP contribution in [0.15, 0.2) is 109 Å². The molecule has 1 saturated heterocycles. The Labute approximate surface area is 244 Å². The highest BCUT2D eigenvalue weighted by Gasteiger charge is 2.52. The van der Waals surface area contributed by atoms with Gasteiger partial charge in [-0.3, -0.25) is 4.40 Å². The van der Waals surface area contributed by atoms with Gasteiger partial charge in [0.2, 0.25) is 5.60 Å². The maximum Gasteiger partial charge on any atom is 0.340 e. The zero-order valence-corrected chi connectivity index (χ0v) is 23.5. The van der Waals surface area contributed by atoms with E-state index in [-0.39, 0.29) is 5.97 Å². The quantitative estimate of drug-likeness (QED) is 0.218. The molecule has 0 aliphatic carbocycles. The van der Waals surface area contributed by atoms with Crippen molar-refractivity contribution < 1.29 is 14.3 Å². The lowest BCUT2D eigenvalue weighted by Gasteiger charge is -2.33. The number of aryl methyl sites for hydroxylation is 1. The Hall–Kier alpha value is -4.81. The molecule has 4 heterocycles. The second-order valence-electron chi connectivity index (χ2n) is 11.0. The van der Waals surface area contributed by atoms with Gasteiger partial charge >= 0.3 is 5.97 Å². The summed E-state index contributed by atoms with van der Waals surface area (Å²) in [5.41, 5.74) is 8.71. The van der Waals surface area contributed by atoms with Crippen molar-refractivity contribution in [3.05, 3.63) is 132 Å². The number of esters is 1. The lowest BCUT2D eigenvalue weighted by Crippen LogP contribution is -2.36. The first-order valence-electron chi connectivity index (χ1n) is 14.7. The molecule has 0 amide bonds. The molecule has 2 aliphatic heterocycles. The molecule has 6 nitrogen and oxygen atoms in total. The first-order chi connectivity index (χ1) is 20.7. The molecule has 2 aliphatic rings. The molecular weight excluding hydrogens is 522 g/mol. The van der Waals surface area contributed by atoms with Gasteiger partial charge in [-0.2, -0.15) is 0 Å². The van der Waals surface area contributed by atoms with E-state index in [1.807, 2.05) is 30.3 Å². The zero-order chi connectivity index (χ0) is 28.3. The highest BCUT2D eigenvalue weighted by atomic mass is 16.6. The number of para-hydroxylation sites is 2. The van der Waals surface area contributed by atoms with E-state index >= 15 is 0 Å². The summed E-state index contributed by atoms with van der Waals surface area (Å²) in [6.45, 7) is 6.15. The van der Waals surface area contributed by atoms with Crippen LogP contribution < -0.4 is 4.90 Å². The van der Waals surface area contributed by atoms with E-state index in [9.17, 15) is 4.79 Å². The van der Waals surface area contributed by atoms with Gasteiger partial charge in [0.15, 0.2) is 0 Å². The van der Waals surface area contributed by atoms with Crippen LogP contribution in [0.2, 0.25) is 0 Å². The molecule has 0 spiro atoms. The van der Waals surface area contributed by atoms with Crippen LogP contribution in [0.1, 0.15) is 34.1 Å². The number of morpholine rings is 1. The molecule has 0 N–H and O–H groups in total. The molecule has 6 aromatic rings. The van der Waals surface area contributed by atoms with E-state index in [1.54, 1.807) is 0 Å². The second kappa shape index (κ2) is 9.64. The molecule has 208 valence electrons. The standard InChI is InChI=1S/C36H31N3O3/c1-2-38-31-14-8-9-15-32(31)39-33(38)24-29(25-10-4-3-5-11-25)34(39)36(30-13-7-6-12-28(30)35(40)42-36)26-16-18-27(19-17-26)37-20-22-41-23-21-37/h3-19,24H,2,20-23H2,1H3. The first kappa shape index (κ1) is 24.9. The number of hydrogen-bond donors (Lipinski definition) is 0. The highest BCUT2D eigenvalue weighted by Crippen LogP contribution is 2.51. The first-order valence-corrected chi connectivity index (χ1v) is 14.7. The number of benzene rings is 4. The topological polar surface area (TPSA) is 48.1 Å². The summed E-state index contributed by atoms with van der Waals surface area (Å²) < 4.78 is 16.9. The maximum absolute atomic E-state index is 13.7. The van der Waals surface area contributed by atoms with Gasteiger partial charge in [0.25, 0.3) is 0 Å². The van der Waals surface area contributed by atoms with Crippen molar-refractivity contribution in [1.29, 1.82) is 0 Å². The van der Waals surface area contributed by atoms with Gasteiger partial charge in [-0.05, 0) is 48.9 Å². The minimum Gasteiger partial charge on any atom is -0.439 e.